The van der Waals surface area contributed by atoms with Gasteiger partial charge in [0.05, 0.1) is 4.92 Å². The summed E-state index contributed by atoms with van der Waals surface area (Å²) in [5, 5.41) is 11.0. The van der Waals surface area contributed by atoms with E-state index in [2.05, 4.69) is 9.62 Å². The highest BCUT2D eigenvalue weighted by molar-refractivity contribution is 7.89. The van der Waals surface area contributed by atoms with Crippen LogP contribution in [0, 0.1) is 10.1 Å². The highest BCUT2D eigenvalue weighted by atomic mass is 32.2. The van der Waals surface area contributed by atoms with Crippen molar-refractivity contribution in [1.29, 1.82) is 0 Å². The van der Waals surface area contributed by atoms with Gasteiger partial charge in [-0.2, -0.15) is 0 Å². The summed E-state index contributed by atoms with van der Waals surface area (Å²) in [5.41, 5.74) is 5.13. The Balaban J connectivity index is 2.25. The summed E-state index contributed by atoms with van der Waals surface area (Å²) in [6, 6.07) is 3.37. The number of anilines is 1. The molecule has 0 aliphatic carbocycles. The molecule has 21 heavy (non-hydrogen) atoms. The first-order valence-corrected chi connectivity index (χ1v) is 8.03. The van der Waals surface area contributed by atoms with Gasteiger partial charge in [-0.3, -0.25) is 10.1 Å². The van der Waals surface area contributed by atoms with Crippen LogP contribution in [0.25, 0.3) is 0 Å². The number of likely N-dealkylation sites (tertiary alicyclic amines) is 1. The average molecular weight is 314 g/mol. The summed E-state index contributed by atoms with van der Waals surface area (Å²) in [6.07, 6.45) is 1.36. The van der Waals surface area contributed by atoms with Crippen molar-refractivity contribution in [2.75, 3.05) is 25.9 Å². The second kappa shape index (κ2) is 5.96. The fraction of sp³-hybridized carbons (Fsp3) is 0.500. The van der Waals surface area contributed by atoms with Crippen LogP contribution < -0.4 is 10.5 Å². The molecule has 0 bridgehead atoms. The number of hydrogen-bond donors (Lipinski definition) is 2. The first kappa shape index (κ1) is 15.7. The van der Waals surface area contributed by atoms with E-state index in [4.69, 9.17) is 5.73 Å². The first-order valence-electron chi connectivity index (χ1n) is 6.54. The number of rotatable bonds is 4. The van der Waals surface area contributed by atoms with Gasteiger partial charge in [-0.05, 0) is 45.1 Å². The van der Waals surface area contributed by atoms with Gasteiger partial charge < -0.3 is 10.6 Å². The molecule has 9 heteroatoms. The number of nitrogens with two attached hydrogens (primary N) is 1. The van der Waals surface area contributed by atoms with E-state index < -0.39 is 20.6 Å². The zero-order valence-corrected chi connectivity index (χ0v) is 12.5. The van der Waals surface area contributed by atoms with E-state index in [0.29, 0.717) is 12.8 Å². The van der Waals surface area contributed by atoms with Gasteiger partial charge in [0.15, 0.2) is 4.90 Å². The summed E-state index contributed by atoms with van der Waals surface area (Å²) < 4.78 is 27.2. The Hall–Kier alpha value is -1.71. The maximum Gasteiger partial charge on any atom is 0.291 e. The number of nitrogens with one attached hydrogen (secondary N) is 1. The summed E-state index contributed by atoms with van der Waals surface area (Å²) in [7, 11) is -1.97. The van der Waals surface area contributed by atoms with Crippen molar-refractivity contribution in [2.45, 2.75) is 23.8 Å². The Bertz CT molecular complexity index is 639. The minimum absolute atomic E-state index is 0.153. The molecule has 2 rings (SSSR count). The third-order valence-electron chi connectivity index (χ3n) is 3.51. The van der Waals surface area contributed by atoms with Crippen molar-refractivity contribution in [1.82, 2.24) is 9.62 Å². The van der Waals surface area contributed by atoms with Gasteiger partial charge in [-0.15, -0.1) is 0 Å². The molecule has 1 fully saturated rings. The molecule has 1 aromatic rings. The zero-order chi connectivity index (χ0) is 15.6. The van der Waals surface area contributed by atoms with E-state index in [1.807, 2.05) is 7.05 Å². The second-order valence-electron chi connectivity index (χ2n) is 5.18. The quantitative estimate of drug-likeness (QED) is 0.476. The lowest BCUT2D eigenvalue weighted by molar-refractivity contribution is -0.387. The minimum Gasteiger partial charge on any atom is -0.399 e. The lowest BCUT2D eigenvalue weighted by atomic mass is 10.1. The number of nitro groups is 1. The van der Waals surface area contributed by atoms with E-state index in [1.54, 1.807) is 0 Å². The molecule has 1 aliphatic heterocycles. The van der Waals surface area contributed by atoms with Crippen LogP contribution in [0.5, 0.6) is 0 Å². The van der Waals surface area contributed by atoms with Crippen LogP contribution in [0.15, 0.2) is 23.1 Å². The van der Waals surface area contributed by atoms with Gasteiger partial charge in [0.2, 0.25) is 10.0 Å². The number of nitrogen functional groups attached to an aromatic ring is 1. The fourth-order valence-electron chi connectivity index (χ4n) is 2.31. The Labute approximate surface area is 123 Å². The predicted octanol–water partition coefficient (Wildman–Crippen LogP) is 0.550. The molecule has 1 heterocycles. The molecule has 0 atom stereocenters. The Morgan fingerprint density at radius 2 is 2.00 bits per heavy atom. The van der Waals surface area contributed by atoms with Crippen molar-refractivity contribution in [3.8, 4) is 0 Å². The van der Waals surface area contributed by atoms with Gasteiger partial charge in [0, 0.05) is 17.8 Å². The van der Waals surface area contributed by atoms with E-state index in [9.17, 15) is 18.5 Å². The van der Waals surface area contributed by atoms with E-state index >= 15 is 0 Å². The van der Waals surface area contributed by atoms with Crippen LogP contribution in [0.3, 0.4) is 0 Å². The SMILES string of the molecule is CN1CCC(NS(=O)(=O)c2ccc(N)cc2[N+](=O)[O-])CC1. The Kier molecular flexibility index (Phi) is 4.45. The van der Waals surface area contributed by atoms with E-state index in [1.165, 1.54) is 12.1 Å². The van der Waals surface area contributed by atoms with Crippen molar-refractivity contribution >= 4 is 21.4 Å². The van der Waals surface area contributed by atoms with E-state index in [-0.39, 0.29) is 16.6 Å². The number of sulfonamides is 1. The van der Waals surface area contributed by atoms with Crippen LogP contribution in [0.2, 0.25) is 0 Å². The molecule has 1 aromatic carbocycles. The molecule has 0 amide bonds. The van der Waals surface area contributed by atoms with Crippen LogP contribution >= 0.6 is 0 Å². The molecule has 0 aromatic heterocycles. The maximum absolute atomic E-state index is 12.3. The maximum atomic E-state index is 12.3. The lowest BCUT2D eigenvalue weighted by Gasteiger charge is -2.29. The fourth-order valence-corrected chi connectivity index (χ4v) is 3.77. The Morgan fingerprint density at radius 3 is 2.57 bits per heavy atom. The Morgan fingerprint density at radius 1 is 1.38 bits per heavy atom. The highest BCUT2D eigenvalue weighted by Crippen LogP contribution is 2.26. The molecule has 0 saturated carbocycles. The van der Waals surface area contributed by atoms with Crippen LogP contribution in [0.4, 0.5) is 11.4 Å². The number of nitrogens with zero attached hydrogens (tertiary/aromatic N) is 2. The van der Waals surface area contributed by atoms with Crippen molar-refractivity contribution in [3.63, 3.8) is 0 Å². The third-order valence-corrected chi connectivity index (χ3v) is 5.08. The first-order chi connectivity index (χ1) is 9.79. The van der Waals surface area contributed by atoms with Gasteiger partial charge >= 0.3 is 0 Å². The van der Waals surface area contributed by atoms with Gasteiger partial charge in [0.25, 0.3) is 5.69 Å². The average Bonchev–Trinajstić information content (AvgIpc) is 2.40. The minimum atomic E-state index is -3.94. The predicted molar refractivity (Wildman–Crippen MR) is 78.3 cm³/mol. The normalized spacial score (nSPS) is 17.8. The molecule has 116 valence electrons. The summed E-state index contributed by atoms with van der Waals surface area (Å²) in [6.45, 7) is 1.58. The van der Waals surface area contributed by atoms with E-state index in [0.717, 1.165) is 19.2 Å². The molecular weight excluding hydrogens is 296 g/mol. The topological polar surface area (TPSA) is 119 Å². The smallest absolute Gasteiger partial charge is 0.291 e. The van der Waals surface area contributed by atoms with Crippen molar-refractivity contribution in [2.24, 2.45) is 0 Å². The second-order valence-corrected chi connectivity index (χ2v) is 6.87. The van der Waals surface area contributed by atoms with Crippen molar-refractivity contribution < 1.29 is 13.3 Å². The molecule has 0 radical (unpaired) electrons. The zero-order valence-electron chi connectivity index (χ0n) is 11.7. The number of benzene rings is 1. The van der Waals surface area contributed by atoms with Gasteiger partial charge in [-0.25, -0.2) is 13.1 Å². The number of nitro benzene ring substituents is 1. The molecular formula is C12H18N4O4S. The molecule has 8 nitrogen and oxygen atoms in total. The lowest BCUT2D eigenvalue weighted by Crippen LogP contribution is -2.43. The number of piperidine rings is 1. The summed E-state index contributed by atoms with van der Waals surface area (Å²) >= 11 is 0. The molecule has 1 saturated heterocycles. The molecule has 3 N–H and O–H groups in total. The highest BCUT2D eigenvalue weighted by Gasteiger charge is 2.29. The largest absolute Gasteiger partial charge is 0.399 e. The van der Waals surface area contributed by atoms with Crippen molar-refractivity contribution in [3.05, 3.63) is 28.3 Å². The van der Waals surface area contributed by atoms with Crippen LogP contribution in [-0.4, -0.2) is 44.4 Å². The van der Waals surface area contributed by atoms with Crippen LogP contribution in [-0.2, 0) is 10.0 Å². The molecule has 0 spiro atoms. The standard InChI is InChI=1S/C12H18N4O4S/c1-15-6-4-10(5-7-15)14-21(19,20)12-3-2-9(13)8-11(12)16(17)18/h2-3,8,10,14H,4-7,13H2,1H3. The summed E-state index contributed by atoms with van der Waals surface area (Å²) in [4.78, 5) is 12.0. The third kappa shape index (κ3) is 3.69. The molecule has 1 aliphatic rings. The van der Waals surface area contributed by atoms with Crippen LogP contribution in [0.1, 0.15) is 12.8 Å². The van der Waals surface area contributed by atoms with Gasteiger partial charge in [-0.1, -0.05) is 0 Å². The summed E-state index contributed by atoms with van der Waals surface area (Å²) in [5.74, 6) is 0. The number of hydrogen-bond acceptors (Lipinski definition) is 6. The monoisotopic (exact) mass is 314 g/mol. The van der Waals surface area contributed by atoms with Gasteiger partial charge in [0.1, 0.15) is 0 Å². The molecule has 0 unspecified atom stereocenters.